The van der Waals surface area contributed by atoms with Gasteiger partial charge in [-0.05, 0) is 17.5 Å². The van der Waals surface area contributed by atoms with Crippen molar-refractivity contribution >= 4 is 16.9 Å². The average Bonchev–Trinajstić information content (AvgIpc) is 2.79. The highest BCUT2D eigenvalue weighted by atomic mass is 16.4. The number of likely N-dealkylation sites (tertiary alicyclic amines) is 1. The number of aliphatic carboxylic acids is 1. The average molecular weight is 272 g/mol. The topological polar surface area (TPSA) is 56.3 Å². The van der Waals surface area contributed by atoms with Crippen LogP contribution in [0.25, 0.3) is 10.9 Å². The van der Waals surface area contributed by atoms with Gasteiger partial charge in [0.05, 0.1) is 0 Å². The third-order valence-corrected chi connectivity index (χ3v) is 4.38. The summed E-state index contributed by atoms with van der Waals surface area (Å²) in [7, 11) is 0. The van der Waals surface area contributed by atoms with Crippen LogP contribution in [0.2, 0.25) is 0 Å². The van der Waals surface area contributed by atoms with Gasteiger partial charge < -0.3 is 10.1 Å². The predicted octanol–water partition coefficient (Wildman–Crippen LogP) is 2.51. The van der Waals surface area contributed by atoms with E-state index in [-0.39, 0.29) is 0 Å². The lowest BCUT2D eigenvalue weighted by molar-refractivity contribution is -0.146. The zero-order valence-corrected chi connectivity index (χ0v) is 11.7. The van der Waals surface area contributed by atoms with E-state index < -0.39 is 12.0 Å². The minimum atomic E-state index is -0.718. The van der Waals surface area contributed by atoms with E-state index in [4.69, 9.17) is 0 Å². The highest BCUT2D eigenvalue weighted by Crippen LogP contribution is 2.26. The van der Waals surface area contributed by atoms with Gasteiger partial charge in [0.1, 0.15) is 6.04 Å². The van der Waals surface area contributed by atoms with Gasteiger partial charge in [-0.1, -0.05) is 31.5 Å². The van der Waals surface area contributed by atoms with Crippen molar-refractivity contribution in [2.45, 2.75) is 25.8 Å². The molecule has 1 atom stereocenters. The number of fused-ring (bicyclic) bond motifs is 1. The smallest absolute Gasteiger partial charge is 0.321 e. The number of nitrogens with zero attached hydrogens (tertiary/aromatic N) is 1. The molecule has 20 heavy (non-hydrogen) atoms. The first kappa shape index (κ1) is 13.2. The molecule has 2 heterocycles. The van der Waals surface area contributed by atoms with Crippen LogP contribution in [0, 0.1) is 5.92 Å². The molecule has 1 unspecified atom stereocenters. The van der Waals surface area contributed by atoms with Crippen molar-refractivity contribution in [2.24, 2.45) is 5.92 Å². The Kier molecular flexibility index (Phi) is 3.49. The van der Waals surface area contributed by atoms with Gasteiger partial charge in [0.15, 0.2) is 0 Å². The third-order valence-electron chi connectivity index (χ3n) is 4.38. The quantitative estimate of drug-likeness (QED) is 0.879. The largest absolute Gasteiger partial charge is 0.480 e. The van der Waals surface area contributed by atoms with Crippen LogP contribution in [0.3, 0.4) is 0 Å². The molecule has 0 bridgehead atoms. The van der Waals surface area contributed by atoms with E-state index in [1.807, 2.05) is 30.5 Å². The Morgan fingerprint density at radius 1 is 1.45 bits per heavy atom. The lowest BCUT2D eigenvalue weighted by Crippen LogP contribution is -2.55. The highest BCUT2D eigenvalue weighted by Gasteiger charge is 2.35. The van der Waals surface area contributed by atoms with Gasteiger partial charge in [-0.2, -0.15) is 0 Å². The zero-order valence-electron chi connectivity index (χ0n) is 11.7. The summed E-state index contributed by atoms with van der Waals surface area (Å²) in [6.07, 6.45) is 3.64. The molecule has 2 aromatic rings. The number of hydrogen-bond acceptors (Lipinski definition) is 2. The van der Waals surface area contributed by atoms with Crippen molar-refractivity contribution in [3.8, 4) is 0 Å². The van der Waals surface area contributed by atoms with Crippen LogP contribution in [0.1, 0.15) is 18.9 Å². The van der Waals surface area contributed by atoms with E-state index in [1.165, 1.54) is 0 Å². The van der Waals surface area contributed by atoms with Crippen molar-refractivity contribution in [3.05, 3.63) is 36.0 Å². The van der Waals surface area contributed by atoms with Crippen LogP contribution in [0.5, 0.6) is 0 Å². The second-order valence-electron chi connectivity index (χ2n) is 5.65. The number of carbonyl (C=O) groups is 1. The Hall–Kier alpha value is -1.81. The van der Waals surface area contributed by atoms with E-state index in [1.54, 1.807) is 0 Å². The number of carboxylic acids is 1. The fourth-order valence-electron chi connectivity index (χ4n) is 3.00. The lowest BCUT2D eigenvalue weighted by Gasteiger charge is -2.42. The molecular formula is C16H20N2O2. The summed E-state index contributed by atoms with van der Waals surface area (Å²) in [6.45, 7) is 3.99. The number of para-hydroxylation sites is 1. The Morgan fingerprint density at radius 2 is 2.20 bits per heavy atom. The molecule has 1 aromatic carbocycles. The molecule has 1 aliphatic rings. The lowest BCUT2D eigenvalue weighted by atomic mass is 9.93. The van der Waals surface area contributed by atoms with Gasteiger partial charge in [0, 0.05) is 36.6 Å². The first-order chi connectivity index (χ1) is 9.69. The molecule has 4 nitrogen and oxygen atoms in total. The molecule has 0 radical (unpaired) electrons. The van der Waals surface area contributed by atoms with Gasteiger partial charge in [-0.25, -0.2) is 0 Å². The number of nitrogens with one attached hydrogen (secondary N) is 1. The van der Waals surface area contributed by atoms with Crippen molar-refractivity contribution in [2.75, 3.05) is 13.1 Å². The fraction of sp³-hybridized carbons (Fsp3) is 0.438. The predicted molar refractivity (Wildman–Crippen MR) is 78.8 cm³/mol. The molecular weight excluding hydrogens is 252 g/mol. The summed E-state index contributed by atoms with van der Waals surface area (Å²) < 4.78 is 0. The van der Waals surface area contributed by atoms with E-state index in [0.717, 1.165) is 36.0 Å². The van der Waals surface area contributed by atoms with Crippen molar-refractivity contribution in [1.82, 2.24) is 9.88 Å². The molecule has 1 aliphatic heterocycles. The molecule has 4 heteroatoms. The molecule has 0 amide bonds. The second-order valence-corrected chi connectivity index (χ2v) is 5.65. The molecule has 0 aliphatic carbocycles. The van der Waals surface area contributed by atoms with Gasteiger partial charge >= 0.3 is 5.97 Å². The summed E-state index contributed by atoms with van der Waals surface area (Å²) in [5.74, 6) is -0.0512. The van der Waals surface area contributed by atoms with E-state index in [0.29, 0.717) is 12.3 Å². The molecule has 0 saturated carbocycles. The van der Waals surface area contributed by atoms with Gasteiger partial charge in [-0.3, -0.25) is 9.69 Å². The van der Waals surface area contributed by atoms with Crippen molar-refractivity contribution in [1.29, 1.82) is 0 Å². The third kappa shape index (κ3) is 2.31. The highest BCUT2D eigenvalue weighted by molar-refractivity contribution is 5.84. The second kappa shape index (κ2) is 5.29. The maximum atomic E-state index is 11.5. The monoisotopic (exact) mass is 272 g/mol. The first-order valence-corrected chi connectivity index (χ1v) is 7.21. The van der Waals surface area contributed by atoms with Crippen LogP contribution in [-0.4, -0.2) is 40.1 Å². The van der Waals surface area contributed by atoms with Crippen molar-refractivity contribution in [3.63, 3.8) is 0 Å². The zero-order chi connectivity index (χ0) is 14.1. The molecule has 2 N–H and O–H groups in total. The van der Waals surface area contributed by atoms with E-state index in [9.17, 15) is 9.90 Å². The number of H-pyrrole nitrogens is 1. The fourth-order valence-corrected chi connectivity index (χ4v) is 3.00. The number of benzene rings is 1. The minimum Gasteiger partial charge on any atom is -0.480 e. The normalized spacial score (nSPS) is 18.1. The molecule has 1 saturated heterocycles. The van der Waals surface area contributed by atoms with Gasteiger partial charge in [0.25, 0.3) is 0 Å². The molecule has 1 fully saturated rings. The van der Waals surface area contributed by atoms with E-state index in [2.05, 4.69) is 16.8 Å². The maximum Gasteiger partial charge on any atom is 0.321 e. The number of rotatable bonds is 5. The minimum absolute atomic E-state index is 0.406. The van der Waals surface area contributed by atoms with Crippen LogP contribution in [0.15, 0.2) is 30.5 Å². The first-order valence-electron chi connectivity index (χ1n) is 7.21. The molecule has 1 aromatic heterocycles. The number of aromatic amines is 1. The Balaban J connectivity index is 1.78. The van der Waals surface area contributed by atoms with Crippen LogP contribution >= 0.6 is 0 Å². The Morgan fingerprint density at radius 3 is 2.90 bits per heavy atom. The molecule has 3 rings (SSSR count). The van der Waals surface area contributed by atoms with Crippen molar-refractivity contribution < 1.29 is 9.90 Å². The molecule has 106 valence electrons. The Bertz CT molecular complexity index is 614. The van der Waals surface area contributed by atoms with Crippen LogP contribution in [-0.2, 0) is 11.2 Å². The number of hydrogen-bond donors (Lipinski definition) is 2. The SMILES string of the molecule is CCC1CN(C(Cc2c[nH]c3ccccc23)C(=O)O)C1. The summed E-state index contributed by atoms with van der Waals surface area (Å²) in [5.41, 5.74) is 2.16. The van der Waals surface area contributed by atoms with E-state index >= 15 is 0 Å². The maximum absolute atomic E-state index is 11.5. The summed E-state index contributed by atoms with van der Waals surface area (Å²) in [4.78, 5) is 16.8. The summed E-state index contributed by atoms with van der Waals surface area (Å²) in [5, 5.41) is 10.6. The Labute approximate surface area is 118 Å². The van der Waals surface area contributed by atoms with Crippen LogP contribution < -0.4 is 0 Å². The standard InChI is InChI=1S/C16H20N2O2/c1-2-11-9-18(10-11)15(16(19)20)7-12-8-17-14-6-4-3-5-13(12)14/h3-6,8,11,15,17H,2,7,9-10H2,1H3,(H,19,20). The number of aromatic nitrogens is 1. The molecule has 0 spiro atoms. The number of carboxylic acid groups (broad SMARTS) is 1. The summed E-state index contributed by atoms with van der Waals surface area (Å²) >= 11 is 0. The van der Waals surface area contributed by atoms with Gasteiger partial charge in [0.2, 0.25) is 0 Å². The summed E-state index contributed by atoms with van der Waals surface area (Å²) in [6, 6.07) is 7.64. The van der Waals surface area contributed by atoms with Crippen LogP contribution in [0.4, 0.5) is 0 Å². The van der Waals surface area contributed by atoms with Gasteiger partial charge in [-0.15, -0.1) is 0 Å².